The Kier molecular flexibility index (Phi) is 5.29. The van der Waals surface area contributed by atoms with Crippen molar-refractivity contribution in [3.8, 4) is 0 Å². The van der Waals surface area contributed by atoms with Gasteiger partial charge in [-0.05, 0) is 27.2 Å². The molecule has 106 valence electrons. The summed E-state index contributed by atoms with van der Waals surface area (Å²) in [4.78, 5) is 25.9. The van der Waals surface area contributed by atoms with Crippen LogP contribution in [-0.4, -0.2) is 34.3 Å². The summed E-state index contributed by atoms with van der Waals surface area (Å²) in [5.41, 5.74) is -0.435. The molecule has 1 amide bonds. The molecule has 1 aromatic heterocycles. The summed E-state index contributed by atoms with van der Waals surface area (Å²) in [7, 11) is 0. The molecule has 0 unspecified atom stereocenters. The molecule has 19 heavy (non-hydrogen) atoms. The van der Waals surface area contributed by atoms with Crippen LogP contribution in [0, 0.1) is 0 Å². The monoisotopic (exact) mass is 286 g/mol. The lowest BCUT2D eigenvalue weighted by Gasteiger charge is -2.19. The van der Waals surface area contributed by atoms with Crippen LogP contribution in [0.15, 0.2) is 5.38 Å². The lowest BCUT2D eigenvalue weighted by atomic mass is 10.2. The number of thiazole rings is 1. The van der Waals surface area contributed by atoms with Gasteiger partial charge in [0.25, 0.3) is 0 Å². The first kappa shape index (κ1) is 15.4. The zero-order chi connectivity index (χ0) is 14.5. The van der Waals surface area contributed by atoms with Gasteiger partial charge in [0.15, 0.2) is 5.69 Å². The molecule has 0 fully saturated rings. The van der Waals surface area contributed by atoms with Crippen LogP contribution >= 0.6 is 11.3 Å². The minimum absolute atomic E-state index is 0.0695. The van der Waals surface area contributed by atoms with Gasteiger partial charge in [-0.1, -0.05) is 0 Å². The highest BCUT2D eigenvalue weighted by molar-refractivity contribution is 7.09. The van der Waals surface area contributed by atoms with E-state index in [1.807, 2.05) is 0 Å². The quantitative estimate of drug-likeness (QED) is 0.811. The van der Waals surface area contributed by atoms with Gasteiger partial charge in [-0.2, -0.15) is 0 Å². The summed E-state index contributed by atoms with van der Waals surface area (Å²) in [5, 5.41) is 13.6. The molecule has 0 bridgehead atoms. The summed E-state index contributed by atoms with van der Waals surface area (Å²) < 4.78 is 5.08. The van der Waals surface area contributed by atoms with E-state index in [0.29, 0.717) is 19.4 Å². The first-order chi connectivity index (χ1) is 8.78. The number of hydrogen-bond donors (Lipinski definition) is 2. The largest absolute Gasteiger partial charge is 0.476 e. The molecule has 0 aliphatic rings. The fourth-order valence-corrected chi connectivity index (χ4v) is 2.08. The molecule has 0 atom stereocenters. The number of carbonyl (C=O) groups excluding carboxylic acids is 1. The Morgan fingerprint density at radius 2 is 2.16 bits per heavy atom. The smallest absolute Gasteiger partial charge is 0.407 e. The van der Waals surface area contributed by atoms with Gasteiger partial charge in [0.2, 0.25) is 0 Å². The van der Waals surface area contributed by atoms with E-state index in [9.17, 15) is 9.59 Å². The SMILES string of the molecule is CC(C)(C)OC(=O)NCCCc1nc(C(=O)O)cs1. The molecule has 1 rings (SSSR count). The second-order valence-electron chi connectivity index (χ2n) is 4.96. The lowest BCUT2D eigenvalue weighted by Crippen LogP contribution is -2.33. The van der Waals surface area contributed by atoms with Crippen LogP contribution in [0.3, 0.4) is 0 Å². The van der Waals surface area contributed by atoms with Crippen molar-refractivity contribution in [3.05, 3.63) is 16.1 Å². The first-order valence-corrected chi connectivity index (χ1v) is 6.80. The van der Waals surface area contributed by atoms with Gasteiger partial charge in [0, 0.05) is 18.3 Å². The number of carbonyl (C=O) groups is 2. The number of nitrogens with one attached hydrogen (secondary N) is 1. The molecule has 0 radical (unpaired) electrons. The maximum Gasteiger partial charge on any atom is 0.407 e. The zero-order valence-electron chi connectivity index (χ0n) is 11.2. The number of aromatic carboxylic acids is 1. The van der Waals surface area contributed by atoms with Gasteiger partial charge in [-0.15, -0.1) is 11.3 Å². The van der Waals surface area contributed by atoms with Gasteiger partial charge < -0.3 is 15.2 Å². The summed E-state index contributed by atoms with van der Waals surface area (Å²) in [6.07, 6.45) is 0.873. The molecule has 1 heterocycles. The van der Waals surface area contributed by atoms with Crippen molar-refractivity contribution in [2.24, 2.45) is 0 Å². The van der Waals surface area contributed by atoms with E-state index in [2.05, 4.69) is 10.3 Å². The summed E-state index contributed by atoms with van der Waals surface area (Å²) in [5.74, 6) is -1.02. The van der Waals surface area contributed by atoms with Crippen molar-refractivity contribution in [1.29, 1.82) is 0 Å². The maximum atomic E-state index is 11.3. The third kappa shape index (κ3) is 6.19. The Morgan fingerprint density at radius 3 is 2.68 bits per heavy atom. The van der Waals surface area contributed by atoms with E-state index < -0.39 is 17.7 Å². The number of hydrogen-bond acceptors (Lipinski definition) is 5. The topological polar surface area (TPSA) is 88.5 Å². The highest BCUT2D eigenvalue weighted by Crippen LogP contribution is 2.11. The van der Waals surface area contributed by atoms with E-state index in [1.165, 1.54) is 16.7 Å². The van der Waals surface area contributed by atoms with Crippen LogP contribution in [0.1, 0.15) is 42.7 Å². The second-order valence-corrected chi connectivity index (χ2v) is 5.91. The number of amides is 1. The highest BCUT2D eigenvalue weighted by atomic mass is 32.1. The van der Waals surface area contributed by atoms with E-state index in [1.54, 1.807) is 20.8 Å². The van der Waals surface area contributed by atoms with Gasteiger partial charge in [0.05, 0.1) is 5.01 Å². The number of rotatable bonds is 5. The zero-order valence-corrected chi connectivity index (χ0v) is 12.0. The minimum Gasteiger partial charge on any atom is -0.476 e. The third-order valence-electron chi connectivity index (χ3n) is 2.01. The van der Waals surface area contributed by atoms with Gasteiger partial charge >= 0.3 is 12.1 Å². The van der Waals surface area contributed by atoms with Crippen LogP contribution in [0.2, 0.25) is 0 Å². The van der Waals surface area contributed by atoms with Crippen LogP contribution < -0.4 is 5.32 Å². The van der Waals surface area contributed by atoms with E-state index in [-0.39, 0.29) is 5.69 Å². The number of ether oxygens (including phenoxy) is 1. The highest BCUT2D eigenvalue weighted by Gasteiger charge is 2.15. The number of carboxylic acids is 1. The Morgan fingerprint density at radius 1 is 1.47 bits per heavy atom. The summed E-state index contributed by atoms with van der Waals surface area (Å²) in [6, 6.07) is 0. The molecule has 0 saturated carbocycles. The number of aryl methyl sites for hydroxylation is 1. The average molecular weight is 286 g/mol. The molecule has 7 heteroatoms. The lowest BCUT2D eigenvalue weighted by molar-refractivity contribution is 0.0526. The summed E-state index contributed by atoms with van der Waals surface area (Å²) >= 11 is 1.31. The van der Waals surface area contributed by atoms with Crippen LogP contribution in [0.25, 0.3) is 0 Å². The Balaban J connectivity index is 2.23. The van der Waals surface area contributed by atoms with Crippen molar-refractivity contribution in [1.82, 2.24) is 10.3 Å². The van der Waals surface area contributed by atoms with Crippen molar-refractivity contribution in [2.75, 3.05) is 6.54 Å². The van der Waals surface area contributed by atoms with Crippen LogP contribution in [0.4, 0.5) is 4.79 Å². The number of nitrogens with zero attached hydrogens (tertiary/aromatic N) is 1. The molecule has 0 aliphatic heterocycles. The molecular formula is C12H18N2O4S. The van der Waals surface area contributed by atoms with Crippen LogP contribution in [0.5, 0.6) is 0 Å². The standard InChI is InChI=1S/C12H18N2O4S/c1-12(2,3)18-11(17)13-6-4-5-9-14-8(7-19-9)10(15)16/h7H,4-6H2,1-3H3,(H,13,17)(H,15,16). The fourth-order valence-electron chi connectivity index (χ4n) is 1.27. The molecule has 0 spiro atoms. The Hall–Kier alpha value is -1.63. The van der Waals surface area contributed by atoms with E-state index in [0.717, 1.165) is 5.01 Å². The predicted octanol–water partition coefficient (Wildman–Crippen LogP) is 2.30. The minimum atomic E-state index is -1.02. The molecule has 0 saturated heterocycles. The normalized spacial score (nSPS) is 11.1. The average Bonchev–Trinajstić information content (AvgIpc) is 2.70. The molecule has 0 aromatic carbocycles. The third-order valence-corrected chi connectivity index (χ3v) is 2.92. The van der Waals surface area contributed by atoms with E-state index >= 15 is 0 Å². The van der Waals surface area contributed by atoms with Crippen LogP contribution in [-0.2, 0) is 11.2 Å². The van der Waals surface area contributed by atoms with Gasteiger partial charge in [-0.3, -0.25) is 0 Å². The molecular weight excluding hydrogens is 268 g/mol. The van der Waals surface area contributed by atoms with Crippen molar-refractivity contribution in [3.63, 3.8) is 0 Å². The predicted molar refractivity (Wildman–Crippen MR) is 71.6 cm³/mol. The van der Waals surface area contributed by atoms with E-state index in [4.69, 9.17) is 9.84 Å². The molecule has 1 aromatic rings. The van der Waals surface area contributed by atoms with Crippen molar-refractivity contribution >= 4 is 23.4 Å². The number of aromatic nitrogens is 1. The Bertz CT molecular complexity index is 451. The Labute approximate surface area is 115 Å². The first-order valence-electron chi connectivity index (χ1n) is 5.92. The van der Waals surface area contributed by atoms with Gasteiger partial charge in [-0.25, -0.2) is 14.6 Å². The van der Waals surface area contributed by atoms with Gasteiger partial charge in [0.1, 0.15) is 5.60 Å². The number of alkyl carbamates (subject to hydrolysis) is 1. The summed E-state index contributed by atoms with van der Waals surface area (Å²) in [6.45, 7) is 5.87. The van der Waals surface area contributed by atoms with Crippen molar-refractivity contribution < 1.29 is 19.4 Å². The maximum absolute atomic E-state index is 11.3. The second kappa shape index (κ2) is 6.51. The molecule has 6 nitrogen and oxygen atoms in total. The molecule has 2 N–H and O–H groups in total. The van der Waals surface area contributed by atoms with Crippen molar-refractivity contribution in [2.45, 2.75) is 39.2 Å². The number of carboxylic acid groups (broad SMARTS) is 1. The molecule has 0 aliphatic carbocycles. The fraction of sp³-hybridized carbons (Fsp3) is 0.583.